The fourth-order valence-electron chi connectivity index (χ4n) is 1.23. The lowest BCUT2D eigenvalue weighted by molar-refractivity contribution is -0.118. The highest BCUT2D eigenvalue weighted by atomic mass is 32.2. The van der Waals surface area contributed by atoms with E-state index in [1.165, 1.54) is 12.1 Å². The van der Waals surface area contributed by atoms with E-state index in [0.29, 0.717) is 0 Å². The molecule has 1 amide bonds. The van der Waals surface area contributed by atoms with Crippen molar-refractivity contribution in [2.45, 2.75) is 24.3 Å². The molecule has 0 saturated heterocycles. The number of nitrogens with one attached hydrogen (secondary N) is 1. The lowest BCUT2D eigenvalue weighted by atomic mass is 10.2. The zero-order valence-corrected chi connectivity index (χ0v) is 10.1. The number of pyridine rings is 1. The number of sulfonamides is 1. The van der Waals surface area contributed by atoms with E-state index < -0.39 is 22.0 Å². The summed E-state index contributed by atoms with van der Waals surface area (Å²) in [6.07, 6.45) is 1.08. The number of hydrogen-bond acceptors (Lipinski definition) is 5. The molecule has 5 N–H and O–H groups in total. The van der Waals surface area contributed by atoms with Gasteiger partial charge in [-0.2, -0.15) is 0 Å². The molecule has 1 aromatic heterocycles. The number of rotatable bonds is 5. The SMILES string of the molecule is CC(CC(N)=O)NS(=O)(=O)c1ccc(N)nc1. The smallest absolute Gasteiger partial charge is 0.242 e. The molecule has 94 valence electrons. The van der Waals surface area contributed by atoms with Crippen LogP contribution in [-0.2, 0) is 14.8 Å². The maximum atomic E-state index is 11.8. The van der Waals surface area contributed by atoms with E-state index in [1.54, 1.807) is 6.92 Å². The summed E-state index contributed by atoms with van der Waals surface area (Å²) in [6.45, 7) is 1.55. The minimum atomic E-state index is -3.70. The Morgan fingerprint density at radius 3 is 2.65 bits per heavy atom. The molecule has 1 rings (SSSR count). The second-order valence-electron chi connectivity index (χ2n) is 3.61. The van der Waals surface area contributed by atoms with Crippen LogP contribution in [0.25, 0.3) is 0 Å². The van der Waals surface area contributed by atoms with E-state index in [9.17, 15) is 13.2 Å². The molecule has 0 radical (unpaired) electrons. The van der Waals surface area contributed by atoms with Crippen LogP contribution < -0.4 is 16.2 Å². The number of amides is 1. The maximum absolute atomic E-state index is 11.8. The van der Waals surface area contributed by atoms with Crippen LogP contribution in [0.1, 0.15) is 13.3 Å². The second kappa shape index (κ2) is 5.11. The Bertz CT molecular complexity index is 497. The van der Waals surface area contributed by atoms with Crippen molar-refractivity contribution in [1.82, 2.24) is 9.71 Å². The molecular formula is C9H14N4O3S. The lowest BCUT2D eigenvalue weighted by Crippen LogP contribution is -2.35. The zero-order chi connectivity index (χ0) is 13.1. The minimum Gasteiger partial charge on any atom is -0.384 e. The van der Waals surface area contributed by atoms with E-state index in [0.717, 1.165) is 6.20 Å². The molecule has 0 fully saturated rings. The van der Waals surface area contributed by atoms with Gasteiger partial charge in [-0.25, -0.2) is 18.1 Å². The molecule has 17 heavy (non-hydrogen) atoms. The van der Waals surface area contributed by atoms with Crippen molar-refractivity contribution >= 4 is 21.7 Å². The van der Waals surface area contributed by atoms with Crippen molar-refractivity contribution in [2.75, 3.05) is 5.73 Å². The number of carbonyl (C=O) groups excluding carboxylic acids is 1. The van der Waals surface area contributed by atoms with Gasteiger partial charge in [0, 0.05) is 18.7 Å². The molecule has 0 saturated carbocycles. The molecule has 8 heteroatoms. The van der Waals surface area contributed by atoms with Crippen LogP contribution in [-0.4, -0.2) is 25.4 Å². The minimum absolute atomic E-state index is 0.0111. The number of nitrogen functional groups attached to an aromatic ring is 1. The van der Waals surface area contributed by atoms with Crippen LogP contribution in [0.2, 0.25) is 0 Å². The summed E-state index contributed by atoms with van der Waals surface area (Å²) in [5.41, 5.74) is 10.3. The Morgan fingerprint density at radius 2 is 2.18 bits per heavy atom. The molecule has 0 aliphatic heterocycles. The first-order chi connectivity index (χ1) is 7.81. The van der Waals surface area contributed by atoms with Crippen molar-refractivity contribution in [1.29, 1.82) is 0 Å². The number of nitrogens with two attached hydrogens (primary N) is 2. The van der Waals surface area contributed by atoms with Gasteiger partial charge in [0.2, 0.25) is 15.9 Å². The van der Waals surface area contributed by atoms with Gasteiger partial charge in [0.25, 0.3) is 0 Å². The molecule has 1 atom stereocenters. The van der Waals surface area contributed by atoms with Crippen LogP contribution >= 0.6 is 0 Å². The Morgan fingerprint density at radius 1 is 1.53 bits per heavy atom. The molecule has 0 spiro atoms. The third-order valence-corrected chi connectivity index (χ3v) is 3.51. The third kappa shape index (κ3) is 4.00. The van der Waals surface area contributed by atoms with Gasteiger partial charge >= 0.3 is 0 Å². The van der Waals surface area contributed by atoms with Gasteiger partial charge < -0.3 is 11.5 Å². The second-order valence-corrected chi connectivity index (χ2v) is 5.33. The largest absolute Gasteiger partial charge is 0.384 e. The Hall–Kier alpha value is -1.67. The Kier molecular flexibility index (Phi) is 4.02. The molecule has 0 aliphatic carbocycles. The van der Waals surface area contributed by atoms with Crippen LogP contribution in [0.3, 0.4) is 0 Å². The average molecular weight is 258 g/mol. The van der Waals surface area contributed by atoms with Gasteiger partial charge in [-0.3, -0.25) is 4.79 Å². The first-order valence-electron chi connectivity index (χ1n) is 4.83. The highest BCUT2D eigenvalue weighted by molar-refractivity contribution is 7.89. The molecule has 1 heterocycles. The topological polar surface area (TPSA) is 128 Å². The highest BCUT2D eigenvalue weighted by Crippen LogP contribution is 2.09. The molecule has 1 aromatic rings. The molecule has 0 aromatic carbocycles. The molecule has 0 bridgehead atoms. The van der Waals surface area contributed by atoms with Crippen molar-refractivity contribution in [2.24, 2.45) is 5.73 Å². The van der Waals surface area contributed by atoms with Crippen molar-refractivity contribution in [3.05, 3.63) is 18.3 Å². The monoisotopic (exact) mass is 258 g/mol. The van der Waals surface area contributed by atoms with Crippen molar-refractivity contribution in [3.63, 3.8) is 0 Å². The van der Waals surface area contributed by atoms with E-state index >= 15 is 0 Å². The highest BCUT2D eigenvalue weighted by Gasteiger charge is 2.18. The summed E-state index contributed by atoms with van der Waals surface area (Å²) in [5.74, 6) is -0.343. The van der Waals surface area contributed by atoms with Crippen molar-refractivity contribution < 1.29 is 13.2 Å². The van der Waals surface area contributed by atoms with Crippen LogP contribution in [0.15, 0.2) is 23.2 Å². The van der Waals surface area contributed by atoms with Gasteiger partial charge in [-0.1, -0.05) is 0 Å². The molecule has 7 nitrogen and oxygen atoms in total. The summed E-state index contributed by atoms with van der Waals surface area (Å²) in [5, 5.41) is 0. The van der Waals surface area contributed by atoms with Crippen molar-refractivity contribution in [3.8, 4) is 0 Å². The average Bonchev–Trinajstić information content (AvgIpc) is 2.15. The number of hydrogen-bond donors (Lipinski definition) is 3. The predicted octanol–water partition coefficient (Wildman–Crippen LogP) is -0.794. The first kappa shape index (κ1) is 13.4. The van der Waals surface area contributed by atoms with Crippen LogP contribution in [0.5, 0.6) is 0 Å². The first-order valence-corrected chi connectivity index (χ1v) is 6.32. The van der Waals surface area contributed by atoms with Gasteiger partial charge in [0.05, 0.1) is 0 Å². The van der Waals surface area contributed by atoms with E-state index in [2.05, 4.69) is 9.71 Å². The number of aromatic nitrogens is 1. The molecule has 1 unspecified atom stereocenters. The summed E-state index contributed by atoms with van der Waals surface area (Å²) in [6, 6.07) is 2.14. The number of nitrogens with zero attached hydrogens (tertiary/aromatic N) is 1. The Labute approximate surface area is 99.3 Å². The fourth-order valence-corrected chi connectivity index (χ4v) is 2.41. The van der Waals surface area contributed by atoms with Crippen LogP contribution in [0, 0.1) is 0 Å². The summed E-state index contributed by atoms with van der Waals surface area (Å²) in [4.78, 5) is 14.3. The normalized spacial score (nSPS) is 13.2. The standard InChI is InChI=1S/C9H14N4O3S/c1-6(4-9(11)14)13-17(15,16)7-2-3-8(10)12-5-7/h2-3,5-6,13H,4H2,1H3,(H2,10,12)(H2,11,14). The van der Waals surface area contributed by atoms with Gasteiger partial charge in [0.15, 0.2) is 0 Å². The number of anilines is 1. The fraction of sp³-hybridized carbons (Fsp3) is 0.333. The van der Waals surface area contributed by atoms with E-state index in [4.69, 9.17) is 11.5 Å². The zero-order valence-electron chi connectivity index (χ0n) is 9.25. The summed E-state index contributed by atoms with van der Waals surface area (Å²) in [7, 11) is -3.70. The maximum Gasteiger partial charge on any atom is 0.242 e. The lowest BCUT2D eigenvalue weighted by Gasteiger charge is -2.12. The number of carbonyl (C=O) groups is 1. The third-order valence-electron chi connectivity index (χ3n) is 1.93. The number of primary amides is 1. The van der Waals surface area contributed by atoms with Gasteiger partial charge in [-0.15, -0.1) is 0 Å². The molecular weight excluding hydrogens is 244 g/mol. The van der Waals surface area contributed by atoms with Gasteiger partial charge in [-0.05, 0) is 19.1 Å². The predicted molar refractivity (Wildman–Crippen MR) is 62.2 cm³/mol. The Balaban J connectivity index is 2.82. The van der Waals surface area contributed by atoms with Crippen LogP contribution in [0.4, 0.5) is 5.82 Å². The summed E-state index contributed by atoms with van der Waals surface area (Å²) >= 11 is 0. The summed E-state index contributed by atoms with van der Waals surface area (Å²) < 4.78 is 25.9. The van der Waals surface area contributed by atoms with Gasteiger partial charge in [0.1, 0.15) is 10.7 Å². The van der Waals surface area contributed by atoms with E-state index in [1.807, 2.05) is 0 Å². The molecule has 0 aliphatic rings. The van der Waals surface area contributed by atoms with E-state index in [-0.39, 0.29) is 17.1 Å². The quantitative estimate of drug-likeness (QED) is 0.637.